The summed E-state index contributed by atoms with van der Waals surface area (Å²) in [5.74, 6) is -2.71. The summed E-state index contributed by atoms with van der Waals surface area (Å²) in [7, 11) is 0. The summed E-state index contributed by atoms with van der Waals surface area (Å²) in [4.78, 5) is 45.4. The van der Waals surface area contributed by atoms with Crippen LogP contribution in [0.2, 0.25) is 0 Å². The third kappa shape index (κ3) is 6.20. The number of aliphatic hydroxyl groups excluding tert-OH is 1. The lowest BCUT2D eigenvalue weighted by Gasteiger charge is -2.24. The third-order valence-electron chi connectivity index (χ3n) is 6.41. The van der Waals surface area contributed by atoms with E-state index in [2.05, 4.69) is 11.6 Å². The fourth-order valence-electron chi connectivity index (χ4n) is 4.39. The molecule has 0 saturated carbocycles. The molecule has 9 nitrogen and oxygen atoms in total. The Balaban J connectivity index is 1.89. The van der Waals surface area contributed by atoms with Crippen molar-refractivity contribution < 1.29 is 38.1 Å². The van der Waals surface area contributed by atoms with Gasteiger partial charge in [-0.05, 0) is 62.2 Å². The van der Waals surface area contributed by atoms with Crippen molar-refractivity contribution in [3.63, 3.8) is 0 Å². The number of nitrogens with zero attached hydrogens (tertiary/aromatic N) is 2. The molecule has 42 heavy (non-hydrogen) atoms. The quantitative estimate of drug-likeness (QED) is 0.0664. The van der Waals surface area contributed by atoms with Crippen molar-refractivity contribution in [2.45, 2.75) is 39.7 Å². The summed E-state index contributed by atoms with van der Waals surface area (Å²) >= 11 is 0.885. The first-order valence-electron chi connectivity index (χ1n) is 13.4. The van der Waals surface area contributed by atoms with Crippen LogP contribution < -0.4 is 14.4 Å². The Labute approximate surface area is 246 Å². The van der Waals surface area contributed by atoms with Gasteiger partial charge in [-0.2, -0.15) is 0 Å². The summed E-state index contributed by atoms with van der Waals surface area (Å²) in [5.41, 5.74) is 0.649. The maximum Gasteiger partial charge on any atom is 0.350 e. The van der Waals surface area contributed by atoms with Crippen LogP contribution in [0.25, 0.3) is 5.76 Å². The van der Waals surface area contributed by atoms with Crippen LogP contribution in [0.3, 0.4) is 0 Å². The van der Waals surface area contributed by atoms with E-state index in [1.54, 1.807) is 25.1 Å². The number of unbranched alkanes of at least 4 members (excludes halogenated alkanes) is 1. The summed E-state index contributed by atoms with van der Waals surface area (Å²) < 4.78 is 30.5. The number of aryl methyl sites for hydroxylation is 1. The van der Waals surface area contributed by atoms with E-state index in [-0.39, 0.29) is 27.8 Å². The largest absolute Gasteiger partial charge is 0.507 e. The monoisotopic (exact) mass is 594 g/mol. The van der Waals surface area contributed by atoms with Crippen molar-refractivity contribution in [1.82, 2.24) is 4.98 Å². The van der Waals surface area contributed by atoms with Gasteiger partial charge in [0.25, 0.3) is 5.78 Å². The zero-order valence-electron chi connectivity index (χ0n) is 23.5. The van der Waals surface area contributed by atoms with Gasteiger partial charge in [-0.15, -0.1) is 0 Å². The number of hydrogen-bond donors (Lipinski definition) is 1. The molecule has 4 rings (SSSR count). The van der Waals surface area contributed by atoms with Gasteiger partial charge >= 0.3 is 11.9 Å². The number of halogens is 1. The molecule has 11 heteroatoms. The average Bonchev–Trinajstić information content (AvgIpc) is 3.49. The second-order valence-electron chi connectivity index (χ2n) is 9.32. The van der Waals surface area contributed by atoms with Crippen LogP contribution in [0.15, 0.2) is 60.7 Å². The molecule has 3 aromatic rings. The zero-order valence-corrected chi connectivity index (χ0v) is 24.3. The molecule has 0 spiro atoms. The second kappa shape index (κ2) is 13.4. The number of aliphatic hydroxyl groups is 1. The Morgan fingerprint density at radius 3 is 2.55 bits per heavy atom. The minimum Gasteiger partial charge on any atom is -0.507 e. The normalized spacial score (nSPS) is 16.0. The highest BCUT2D eigenvalue weighted by atomic mass is 32.1. The number of thiazole rings is 1. The highest BCUT2D eigenvalue weighted by molar-refractivity contribution is 7.17. The van der Waals surface area contributed by atoms with Gasteiger partial charge in [0.2, 0.25) is 0 Å². The molecule has 1 aliphatic rings. The van der Waals surface area contributed by atoms with Gasteiger partial charge in [0.15, 0.2) is 16.6 Å². The number of rotatable bonds is 12. The molecular formula is C31H31FN2O7S. The molecule has 2 heterocycles. The number of anilines is 1. The SMILES string of the molecule is C=CCOC(=O)c1sc(N2C(=O)C(=O)/C(=C(/O)c3ccc(F)cc3)C2c2ccc(OCCCC)c(OCC)c2)nc1C. The molecule has 0 aliphatic carbocycles. The topological polar surface area (TPSA) is 115 Å². The molecule has 1 fully saturated rings. The first-order valence-corrected chi connectivity index (χ1v) is 14.2. The Bertz CT molecular complexity index is 1530. The van der Waals surface area contributed by atoms with Gasteiger partial charge < -0.3 is 19.3 Å². The molecule has 1 N–H and O–H groups in total. The van der Waals surface area contributed by atoms with Crippen molar-refractivity contribution in [2.24, 2.45) is 0 Å². The first-order chi connectivity index (χ1) is 20.2. The summed E-state index contributed by atoms with van der Waals surface area (Å²) in [6.45, 7) is 9.77. The number of carbonyl (C=O) groups excluding carboxylic acids is 3. The highest BCUT2D eigenvalue weighted by Crippen LogP contribution is 2.45. The molecule has 1 saturated heterocycles. The van der Waals surface area contributed by atoms with E-state index in [0.717, 1.165) is 41.2 Å². The van der Waals surface area contributed by atoms with Crippen LogP contribution in [0.4, 0.5) is 9.52 Å². The molecule has 1 amide bonds. The molecule has 220 valence electrons. The Morgan fingerprint density at radius 2 is 1.88 bits per heavy atom. The van der Waals surface area contributed by atoms with E-state index in [1.165, 1.54) is 18.2 Å². The maximum absolute atomic E-state index is 13.6. The lowest BCUT2D eigenvalue weighted by molar-refractivity contribution is -0.132. The number of ketones is 1. The molecule has 1 atom stereocenters. The van der Waals surface area contributed by atoms with Crippen LogP contribution in [-0.2, 0) is 14.3 Å². The van der Waals surface area contributed by atoms with Crippen LogP contribution in [0.1, 0.15) is 59.2 Å². The summed E-state index contributed by atoms with van der Waals surface area (Å²) in [5, 5.41) is 11.4. The number of Topliss-reactive ketones (excluding diaryl/α,β-unsaturated/α-hetero) is 1. The molecule has 2 aromatic carbocycles. The van der Waals surface area contributed by atoms with E-state index in [9.17, 15) is 23.9 Å². The number of amides is 1. The molecule has 1 unspecified atom stereocenters. The van der Waals surface area contributed by atoms with Crippen LogP contribution >= 0.6 is 11.3 Å². The number of aromatic nitrogens is 1. The molecule has 1 aromatic heterocycles. The third-order valence-corrected chi connectivity index (χ3v) is 7.55. The lowest BCUT2D eigenvalue weighted by atomic mass is 9.95. The van der Waals surface area contributed by atoms with E-state index < -0.39 is 35.3 Å². The van der Waals surface area contributed by atoms with E-state index >= 15 is 0 Å². The highest BCUT2D eigenvalue weighted by Gasteiger charge is 2.48. The van der Waals surface area contributed by atoms with Gasteiger partial charge in [-0.1, -0.05) is 43.4 Å². The molecule has 0 radical (unpaired) electrons. The predicted octanol–water partition coefficient (Wildman–Crippen LogP) is 6.14. The van der Waals surface area contributed by atoms with Crippen molar-refractivity contribution >= 4 is 39.9 Å². The molecule has 1 aliphatic heterocycles. The fourth-order valence-corrected chi connectivity index (χ4v) is 5.38. The Morgan fingerprint density at radius 1 is 1.14 bits per heavy atom. The standard InChI is InChI=1S/C31H31FN2O7S/c1-5-8-16-40-22-14-11-20(17-23(22)39-7-3)25-24(26(35)19-9-12-21(32)13-10-19)27(36)29(37)34(25)31-33-18(4)28(42-31)30(38)41-15-6-2/h6,9-14,17,25,35H,2,5,7-8,15-16H2,1,3-4H3/b26-24+. The average molecular weight is 595 g/mol. The van der Waals surface area contributed by atoms with Crippen LogP contribution in [-0.4, -0.2) is 47.6 Å². The minimum absolute atomic E-state index is 0.0133. The van der Waals surface area contributed by atoms with Gasteiger partial charge in [0.05, 0.1) is 30.5 Å². The van der Waals surface area contributed by atoms with Crippen molar-refractivity contribution in [3.8, 4) is 11.5 Å². The van der Waals surface area contributed by atoms with Crippen molar-refractivity contribution in [2.75, 3.05) is 24.7 Å². The minimum atomic E-state index is -1.15. The summed E-state index contributed by atoms with van der Waals surface area (Å²) in [6, 6.07) is 8.75. The van der Waals surface area contributed by atoms with E-state index in [1.807, 2.05) is 13.8 Å². The van der Waals surface area contributed by atoms with Gasteiger partial charge in [-0.3, -0.25) is 14.5 Å². The Hall–Kier alpha value is -4.51. The number of benzene rings is 2. The van der Waals surface area contributed by atoms with E-state index in [0.29, 0.717) is 36.0 Å². The summed E-state index contributed by atoms with van der Waals surface area (Å²) in [6.07, 6.45) is 3.21. The number of ether oxygens (including phenoxy) is 3. The van der Waals surface area contributed by atoms with Crippen molar-refractivity contribution in [3.05, 3.63) is 88.2 Å². The van der Waals surface area contributed by atoms with E-state index in [4.69, 9.17) is 14.2 Å². The fraction of sp³-hybridized carbons (Fsp3) is 0.290. The van der Waals surface area contributed by atoms with Gasteiger partial charge in [0.1, 0.15) is 23.1 Å². The number of carbonyl (C=O) groups is 3. The van der Waals surface area contributed by atoms with Crippen LogP contribution in [0.5, 0.6) is 11.5 Å². The number of esters is 1. The molecular weight excluding hydrogens is 563 g/mol. The maximum atomic E-state index is 13.6. The molecule has 0 bridgehead atoms. The first kappa shape index (κ1) is 30.4. The van der Waals surface area contributed by atoms with Crippen molar-refractivity contribution in [1.29, 1.82) is 0 Å². The second-order valence-corrected chi connectivity index (χ2v) is 10.3. The van der Waals surface area contributed by atoms with Gasteiger partial charge in [-0.25, -0.2) is 14.2 Å². The van der Waals surface area contributed by atoms with Gasteiger partial charge in [0, 0.05) is 5.56 Å². The van der Waals surface area contributed by atoms with Crippen LogP contribution in [0, 0.1) is 12.7 Å². The number of hydrogen-bond acceptors (Lipinski definition) is 9. The Kier molecular flexibility index (Phi) is 9.74. The predicted molar refractivity (Wildman–Crippen MR) is 157 cm³/mol. The smallest absolute Gasteiger partial charge is 0.350 e. The lowest BCUT2D eigenvalue weighted by Crippen LogP contribution is -2.29. The zero-order chi connectivity index (χ0) is 30.4.